The van der Waals surface area contributed by atoms with Crippen LogP contribution in [-0.4, -0.2) is 185 Å². The molecule has 20 nitrogen and oxygen atoms in total. The van der Waals surface area contributed by atoms with E-state index < -0.39 is 122 Å². The van der Waals surface area contributed by atoms with Crippen molar-refractivity contribution >= 4 is 5.78 Å². The van der Waals surface area contributed by atoms with Gasteiger partial charge >= 0.3 is 0 Å². The zero-order chi connectivity index (χ0) is 36.0. The normalized spacial score (nSPS) is 45.0. The molecule has 1 saturated carbocycles. The highest BCUT2D eigenvalue weighted by molar-refractivity contribution is 5.83. The summed E-state index contributed by atoms with van der Waals surface area (Å²) in [5.74, 6) is -1.45. The number of nitrogens with two attached hydrogens (primary N) is 5. The highest BCUT2D eigenvalue weighted by Gasteiger charge is 2.54. The number of aliphatic hydroxyl groups excluding tert-OH is 7. The fourth-order valence-corrected chi connectivity index (χ4v) is 6.48. The van der Waals surface area contributed by atoms with Gasteiger partial charge in [0.2, 0.25) is 0 Å². The summed E-state index contributed by atoms with van der Waals surface area (Å²) in [5, 5.41) is 75.7. The van der Waals surface area contributed by atoms with Gasteiger partial charge in [0.1, 0.15) is 54.9 Å². The van der Waals surface area contributed by atoms with Gasteiger partial charge in [0.15, 0.2) is 24.7 Å². The molecule has 1 aliphatic carbocycles. The number of ether oxygens (including phenoxy) is 6. The maximum absolute atomic E-state index is 12.6. The second-order valence-electron chi connectivity index (χ2n) is 12.9. The zero-order valence-electron chi connectivity index (χ0n) is 27.1. The summed E-state index contributed by atoms with van der Waals surface area (Å²) in [5.41, 5.74) is 29.9. The Morgan fingerprint density at radius 3 is 2.16 bits per heavy atom. The summed E-state index contributed by atoms with van der Waals surface area (Å²) in [6.07, 6.45) is -14.9. The predicted octanol–water partition coefficient (Wildman–Crippen LogP) is -7.87. The molecule has 4 rings (SSSR count). The second kappa shape index (κ2) is 18.4. The van der Waals surface area contributed by atoms with Crippen LogP contribution in [0.2, 0.25) is 0 Å². The van der Waals surface area contributed by atoms with Crippen LogP contribution in [0.4, 0.5) is 0 Å². The molecule has 0 aromatic rings. The van der Waals surface area contributed by atoms with Gasteiger partial charge in [-0.05, 0) is 12.3 Å². The van der Waals surface area contributed by atoms with Crippen molar-refractivity contribution in [3.05, 3.63) is 12.2 Å². The first kappa shape index (κ1) is 40.4. The van der Waals surface area contributed by atoms with Crippen LogP contribution in [0.3, 0.4) is 0 Å². The summed E-state index contributed by atoms with van der Waals surface area (Å²) in [6.45, 7) is -0.579. The monoisotopic (exact) mass is 710 g/mol. The van der Waals surface area contributed by atoms with Crippen LogP contribution in [0.25, 0.3) is 0 Å². The highest BCUT2D eigenvalue weighted by atomic mass is 16.8. The standard InChI is InChI=1S/C29H54N6O14/c30-7-16(39)15(38)6-11-5-14(33)24(47-27-13(32)2-1-12(44-27)9-35-3-4-36)26(20(11)40)49-29-23(43)25(18(10-37)46-29)48-28-19(34)22(42)21(41)17(8-31)45-28/h1-2,11-14,16-29,35-37,39-43H,3-10,30-34H2/t11-,12-,13+,14-,16-,17-,18+,19+,20-,21+,22+,23+,24+,25+,26+,27+,28+,29-/m0/s1. The average Bonchev–Trinajstić information content (AvgIpc) is 3.38. The lowest BCUT2D eigenvalue weighted by Gasteiger charge is -2.46. The van der Waals surface area contributed by atoms with E-state index in [1.54, 1.807) is 12.2 Å². The molecule has 0 amide bonds. The van der Waals surface area contributed by atoms with Crippen molar-refractivity contribution in [2.45, 2.75) is 117 Å². The van der Waals surface area contributed by atoms with E-state index in [9.17, 15) is 35.4 Å². The number of Topliss-reactive ketones (excluding diaryl/α,β-unsaturated/α-hetero) is 1. The van der Waals surface area contributed by atoms with Gasteiger partial charge in [-0.3, -0.25) is 4.79 Å². The van der Waals surface area contributed by atoms with Crippen molar-refractivity contribution in [2.75, 3.05) is 39.4 Å². The number of hydrogen-bond acceptors (Lipinski definition) is 20. The summed E-state index contributed by atoms with van der Waals surface area (Å²) in [6, 6.07) is -2.91. The van der Waals surface area contributed by atoms with Gasteiger partial charge in [0.25, 0.3) is 0 Å². The number of hydrogen-bond donors (Lipinski definition) is 13. The fraction of sp³-hybridized carbons (Fsp3) is 0.897. The first-order valence-electron chi connectivity index (χ1n) is 16.5. The van der Waals surface area contributed by atoms with Crippen LogP contribution < -0.4 is 34.0 Å². The van der Waals surface area contributed by atoms with Crippen LogP contribution in [0, 0.1) is 5.92 Å². The molecule has 0 spiro atoms. The average molecular weight is 711 g/mol. The third-order valence-corrected chi connectivity index (χ3v) is 9.33. The molecule has 4 aliphatic rings. The van der Waals surface area contributed by atoms with Gasteiger partial charge in [-0.1, -0.05) is 12.2 Å². The maximum atomic E-state index is 12.6. The minimum absolute atomic E-state index is 0.0560. The van der Waals surface area contributed by atoms with Gasteiger partial charge in [-0.15, -0.1) is 0 Å². The number of carbonyl (C=O) groups excluding carboxylic acids is 1. The Hall–Kier alpha value is -1.35. The van der Waals surface area contributed by atoms with Gasteiger partial charge < -0.3 is 98.2 Å². The quantitative estimate of drug-likeness (QED) is 0.0522. The number of carbonyl (C=O) groups is 1. The van der Waals surface area contributed by atoms with E-state index >= 15 is 0 Å². The Balaban J connectivity index is 1.54. The molecule has 20 heteroatoms. The van der Waals surface area contributed by atoms with Crippen molar-refractivity contribution in [1.29, 1.82) is 0 Å². The summed E-state index contributed by atoms with van der Waals surface area (Å²) >= 11 is 0. The number of aliphatic hydroxyl groups is 7. The summed E-state index contributed by atoms with van der Waals surface area (Å²) in [7, 11) is 0. The van der Waals surface area contributed by atoms with Crippen molar-refractivity contribution in [3.63, 3.8) is 0 Å². The Labute approximate surface area is 283 Å². The Morgan fingerprint density at radius 2 is 1.51 bits per heavy atom. The third kappa shape index (κ3) is 9.56. The molecule has 3 fully saturated rings. The maximum Gasteiger partial charge on any atom is 0.187 e. The molecule has 0 radical (unpaired) electrons. The largest absolute Gasteiger partial charge is 0.395 e. The Morgan fingerprint density at radius 1 is 0.837 bits per heavy atom. The first-order chi connectivity index (χ1) is 23.3. The summed E-state index contributed by atoms with van der Waals surface area (Å²) < 4.78 is 35.7. The van der Waals surface area contributed by atoms with Gasteiger partial charge in [0.05, 0.1) is 37.5 Å². The van der Waals surface area contributed by atoms with E-state index in [1.165, 1.54) is 0 Å². The van der Waals surface area contributed by atoms with E-state index in [4.69, 9.17) is 62.2 Å². The molecule has 0 bridgehead atoms. The second-order valence-corrected chi connectivity index (χ2v) is 12.9. The van der Waals surface area contributed by atoms with Crippen molar-refractivity contribution in [1.82, 2.24) is 5.32 Å². The van der Waals surface area contributed by atoms with E-state index in [0.29, 0.717) is 13.1 Å². The first-order valence-corrected chi connectivity index (χ1v) is 16.5. The number of ketones is 1. The van der Waals surface area contributed by atoms with Crippen LogP contribution in [0.5, 0.6) is 0 Å². The molecular formula is C29H54N6O14. The van der Waals surface area contributed by atoms with Gasteiger partial charge in [-0.25, -0.2) is 0 Å². The SMILES string of the molecule is NC[C@@H]1O[C@H](O[C@H]2[C@@H](O)[C@H](O[C@@H]3[C@@H](O)[C@H](CC(=O)[C@@H](O)CN)C[C@H](N)[C@H]3O[C@H]3O[C@H](CNCCO)C=C[C@H]3N)O[C@@H]2CO)[C@H](N)[C@@H](O)[C@@H]1O. The smallest absolute Gasteiger partial charge is 0.187 e. The van der Waals surface area contributed by atoms with E-state index in [2.05, 4.69) is 5.32 Å². The van der Waals surface area contributed by atoms with E-state index in [-0.39, 0.29) is 32.5 Å². The lowest BCUT2D eigenvalue weighted by Crippen LogP contribution is -2.64. The molecule has 0 unspecified atom stereocenters. The lowest BCUT2D eigenvalue weighted by molar-refractivity contribution is -0.286. The molecule has 18 N–H and O–H groups in total. The Kier molecular flexibility index (Phi) is 15.2. The topological polar surface area (TPSA) is 356 Å². The van der Waals surface area contributed by atoms with Crippen molar-refractivity contribution < 1.29 is 69.0 Å². The van der Waals surface area contributed by atoms with Gasteiger partial charge in [0, 0.05) is 38.6 Å². The van der Waals surface area contributed by atoms with Crippen molar-refractivity contribution in [3.8, 4) is 0 Å². The molecule has 18 atom stereocenters. The minimum atomic E-state index is -1.64. The fourth-order valence-electron chi connectivity index (χ4n) is 6.48. The molecule has 3 heterocycles. The van der Waals surface area contributed by atoms with Crippen LogP contribution in [-0.2, 0) is 33.2 Å². The molecule has 49 heavy (non-hydrogen) atoms. The zero-order valence-corrected chi connectivity index (χ0v) is 27.1. The van der Waals surface area contributed by atoms with Gasteiger partial charge in [-0.2, -0.15) is 0 Å². The molecule has 0 aromatic heterocycles. The molecular weight excluding hydrogens is 656 g/mol. The molecule has 2 saturated heterocycles. The predicted molar refractivity (Wildman–Crippen MR) is 167 cm³/mol. The van der Waals surface area contributed by atoms with Crippen LogP contribution >= 0.6 is 0 Å². The highest BCUT2D eigenvalue weighted by Crippen LogP contribution is 2.37. The minimum Gasteiger partial charge on any atom is -0.395 e. The molecule has 0 aromatic carbocycles. The molecule has 284 valence electrons. The Bertz CT molecular complexity index is 1070. The number of rotatable bonds is 16. The van der Waals surface area contributed by atoms with Crippen LogP contribution in [0.1, 0.15) is 12.8 Å². The third-order valence-electron chi connectivity index (χ3n) is 9.33. The number of nitrogens with one attached hydrogen (secondary N) is 1. The van der Waals surface area contributed by atoms with E-state index in [0.717, 1.165) is 0 Å². The van der Waals surface area contributed by atoms with Crippen LogP contribution in [0.15, 0.2) is 12.2 Å². The summed E-state index contributed by atoms with van der Waals surface area (Å²) in [4.78, 5) is 12.6. The lowest BCUT2D eigenvalue weighted by atomic mass is 9.76. The van der Waals surface area contributed by atoms with E-state index in [1.807, 2.05) is 0 Å². The van der Waals surface area contributed by atoms with Crippen molar-refractivity contribution in [2.24, 2.45) is 34.6 Å². The molecule has 3 aliphatic heterocycles.